The van der Waals surface area contributed by atoms with Crippen LogP contribution >= 0.6 is 11.3 Å². The summed E-state index contributed by atoms with van der Waals surface area (Å²) in [6, 6.07) is 12.5. The molecule has 0 saturated heterocycles. The van der Waals surface area contributed by atoms with Crippen LogP contribution in [-0.2, 0) is 10.3 Å². The fourth-order valence-corrected chi connectivity index (χ4v) is 6.10. The van der Waals surface area contributed by atoms with Gasteiger partial charge in [-0.05, 0) is 39.0 Å². The van der Waals surface area contributed by atoms with Crippen molar-refractivity contribution in [3.8, 4) is 0 Å². The van der Waals surface area contributed by atoms with Gasteiger partial charge in [0, 0.05) is 17.0 Å². The van der Waals surface area contributed by atoms with Gasteiger partial charge in [-0.15, -0.1) is 17.9 Å². The monoisotopic (exact) mass is 483 g/mol. The molecule has 2 aromatic carbocycles. The molecule has 35 heavy (non-hydrogen) atoms. The molecule has 0 bridgehead atoms. The molecule has 2 aromatic heterocycles. The van der Waals surface area contributed by atoms with Gasteiger partial charge in [0.25, 0.3) is 11.8 Å². The number of para-hydroxylation sites is 1. The highest BCUT2D eigenvalue weighted by Gasteiger charge is 2.66. The zero-order valence-corrected chi connectivity index (χ0v) is 20.2. The quantitative estimate of drug-likeness (QED) is 0.398. The second-order valence-corrected chi connectivity index (χ2v) is 10.0. The van der Waals surface area contributed by atoms with Crippen LogP contribution in [0, 0.1) is 20.8 Å². The molecule has 2 amide bonds. The fourth-order valence-electron chi connectivity index (χ4n) is 5.14. The topological polar surface area (TPSA) is 83.7 Å². The molecule has 0 saturated carbocycles. The summed E-state index contributed by atoms with van der Waals surface area (Å²) in [7, 11) is 0. The first-order valence-electron chi connectivity index (χ1n) is 11.2. The van der Waals surface area contributed by atoms with Crippen molar-refractivity contribution in [1.29, 1.82) is 0 Å². The number of nitrogens with zero attached hydrogens (tertiary/aromatic N) is 3. The van der Waals surface area contributed by atoms with Gasteiger partial charge in [0.1, 0.15) is 5.58 Å². The second kappa shape index (κ2) is 7.23. The Labute approximate surface area is 204 Å². The number of hydrogen-bond acceptors (Lipinski definition) is 6. The first kappa shape index (κ1) is 21.5. The van der Waals surface area contributed by atoms with Gasteiger partial charge in [0.05, 0.1) is 22.3 Å². The summed E-state index contributed by atoms with van der Waals surface area (Å²) in [5, 5.41) is 0.677. The summed E-state index contributed by atoms with van der Waals surface area (Å²) >= 11 is 1.31. The van der Waals surface area contributed by atoms with Crippen LogP contribution in [0.3, 0.4) is 0 Å². The predicted octanol–water partition coefficient (Wildman–Crippen LogP) is 4.61. The number of amides is 2. The van der Waals surface area contributed by atoms with E-state index < -0.39 is 22.8 Å². The van der Waals surface area contributed by atoms with Crippen molar-refractivity contribution in [2.75, 3.05) is 16.3 Å². The molecule has 2 aliphatic rings. The Morgan fingerprint density at radius 2 is 1.89 bits per heavy atom. The normalized spacial score (nSPS) is 18.6. The standard InChI is InChI=1S/C27H21N3O4S/c1-5-12-29-19-9-7-6-8-18(19)27(25(29)33)21-22(31)17-13-14(2)10-11-20(17)34-23(21)24(32)30(27)26-28-15(3)16(4)35-26/h5-11,13H,1,12H2,2-4H3. The zero-order chi connectivity index (χ0) is 24.6. The molecule has 6 rings (SSSR count). The molecule has 174 valence electrons. The summed E-state index contributed by atoms with van der Waals surface area (Å²) in [5.41, 5.74) is 1.02. The molecule has 2 aliphatic heterocycles. The van der Waals surface area contributed by atoms with Crippen LogP contribution < -0.4 is 15.2 Å². The molecule has 4 heterocycles. The van der Waals surface area contributed by atoms with E-state index in [1.165, 1.54) is 16.2 Å². The van der Waals surface area contributed by atoms with Crippen molar-refractivity contribution in [3.05, 3.63) is 98.4 Å². The number of carbonyl (C=O) groups excluding carboxylic acids is 2. The molecule has 0 fully saturated rings. The average Bonchev–Trinajstić information content (AvgIpc) is 3.39. The number of aromatic nitrogens is 1. The van der Waals surface area contributed by atoms with Gasteiger partial charge in [0.2, 0.25) is 5.76 Å². The summed E-state index contributed by atoms with van der Waals surface area (Å²) in [6.45, 7) is 9.66. The number of fused-ring (bicyclic) bond motifs is 5. The lowest BCUT2D eigenvalue weighted by Crippen LogP contribution is -2.53. The van der Waals surface area contributed by atoms with Gasteiger partial charge >= 0.3 is 0 Å². The lowest BCUT2D eigenvalue weighted by atomic mass is 9.84. The van der Waals surface area contributed by atoms with Gasteiger partial charge in [-0.3, -0.25) is 19.3 Å². The first-order chi connectivity index (χ1) is 16.8. The minimum atomic E-state index is -1.72. The SMILES string of the molecule is C=CCN1C(=O)C2(c3ccccc31)c1c(oc3ccc(C)cc3c1=O)C(=O)N2c1nc(C)c(C)s1. The molecule has 1 spiro atoms. The minimum absolute atomic E-state index is 0.0371. The first-order valence-corrected chi connectivity index (χ1v) is 12.0. The third-order valence-electron chi connectivity index (χ3n) is 6.80. The van der Waals surface area contributed by atoms with Crippen LogP contribution in [0.4, 0.5) is 10.8 Å². The van der Waals surface area contributed by atoms with Gasteiger partial charge in [0.15, 0.2) is 16.1 Å². The summed E-state index contributed by atoms with van der Waals surface area (Å²) < 4.78 is 6.08. The van der Waals surface area contributed by atoms with Crippen molar-refractivity contribution < 1.29 is 14.0 Å². The van der Waals surface area contributed by atoms with Gasteiger partial charge in [-0.2, -0.15) is 0 Å². The number of anilines is 2. The number of aryl methyl sites for hydroxylation is 3. The molecule has 0 aliphatic carbocycles. The highest BCUT2D eigenvalue weighted by atomic mass is 32.1. The van der Waals surface area contributed by atoms with Gasteiger partial charge < -0.3 is 9.32 Å². The number of carbonyl (C=O) groups is 2. The van der Waals surface area contributed by atoms with Crippen LogP contribution in [0.2, 0.25) is 0 Å². The Morgan fingerprint density at radius 1 is 1.11 bits per heavy atom. The molecule has 1 atom stereocenters. The lowest BCUT2D eigenvalue weighted by Gasteiger charge is -2.32. The molecule has 7 nitrogen and oxygen atoms in total. The Hall–Kier alpha value is -4.04. The Morgan fingerprint density at radius 3 is 2.60 bits per heavy atom. The van der Waals surface area contributed by atoms with Crippen molar-refractivity contribution in [1.82, 2.24) is 4.98 Å². The summed E-state index contributed by atoms with van der Waals surface area (Å²) in [6.07, 6.45) is 1.62. The van der Waals surface area contributed by atoms with Crippen molar-refractivity contribution >= 4 is 44.9 Å². The lowest BCUT2D eigenvalue weighted by molar-refractivity contribution is -0.121. The van der Waals surface area contributed by atoms with E-state index in [2.05, 4.69) is 11.6 Å². The molecular weight excluding hydrogens is 462 g/mol. The van der Waals surface area contributed by atoms with E-state index in [-0.39, 0.29) is 17.9 Å². The largest absolute Gasteiger partial charge is 0.450 e. The van der Waals surface area contributed by atoms with Gasteiger partial charge in [-0.1, -0.05) is 35.9 Å². The highest BCUT2D eigenvalue weighted by molar-refractivity contribution is 7.16. The zero-order valence-electron chi connectivity index (χ0n) is 19.4. The Kier molecular flexibility index (Phi) is 4.44. The third-order valence-corrected chi connectivity index (χ3v) is 7.86. The maximum atomic E-state index is 14.4. The maximum Gasteiger partial charge on any atom is 0.297 e. The van der Waals surface area contributed by atoms with Crippen LogP contribution in [0.5, 0.6) is 0 Å². The number of thiazole rings is 1. The molecule has 0 N–H and O–H groups in total. The van der Waals surface area contributed by atoms with E-state index in [0.717, 1.165) is 16.1 Å². The van der Waals surface area contributed by atoms with E-state index in [0.29, 0.717) is 27.4 Å². The molecule has 8 heteroatoms. The molecular formula is C27H21N3O4S. The predicted molar refractivity (Wildman–Crippen MR) is 135 cm³/mol. The minimum Gasteiger partial charge on any atom is -0.450 e. The smallest absolute Gasteiger partial charge is 0.297 e. The average molecular weight is 484 g/mol. The van der Waals surface area contributed by atoms with E-state index in [1.54, 1.807) is 35.2 Å². The number of hydrogen-bond donors (Lipinski definition) is 0. The van der Waals surface area contributed by atoms with E-state index >= 15 is 0 Å². The number of rotatable bonds is 3. The number of benzene rings is 2. The van der Waals surface area contributed by atoms with Crippen molar-refractivity contribution in [2.45, 2.75) is 26.3 Å². The third kappa shape index (κ3) is 2.60. The second-order valence-electron chi connectivity index (χ2n) is 8.85. The van der Waals surface area contributed by atoms with Crippen LogP contribution in [-0.4, -0.2) is 23.3 Å². The van der Waals surface area contributed by atoms with E-state index in [9.17, 15) is 14.4 Å². The van der Waals surface area contributed by atoms with Crippen molar-refractivity contribution in [3.63, 3.8) is 0 Å². The van der Waals surface area contributed by atoms with E-state index in [4.69, 9.17) is 4.42 Å². The summed E-state index contributed by atoms with van der Waals surface area (Å²) in [5.74, 6) is -1.09. The van der Waals surface area contributed by atoms with Crippen molar-refractivity contribution in [2.24, 2.45) is 0 Å². The van der Waals surface area contributed by atoms with Crippen LogP contribution in [0.25, 0.3) is 11.0 Å². The van der Waals surface area contributed by atoms with E-state index in [1.807, 2.05) is 39.0 Å². The fraction of sp³-hybridized carbons (Fsp3) is 0.185. The van der Waals surface area contributed by atoms with Crippen LogP contribution in [0.1, 0.15) is 37.8 Å². The molecule has 0 radical (unpaired) electrons. The van der Waals surface area contributed by atoms with Crippen LogP contribution in [0.15, 0.2) is 64.3 Å². The highest BCUT2D eigenvalue weighted by Crippen LogP contribution is 2.54. The van der Waals surface area contributed by atoms with Gasteiger partial charge in [-0.25, -0.2) is 4.98 Å². The Balaban J connectivity index is 1.79. The molecule has 4 aromatic rings. The molecule has 1 unspecified atom stereocenters. The maximum absolute atomic E-state index is 14.4. The Bertz CT molecular complexity index is 1650. The summed E-state index contributed by atoms with van der Waals surface area (Å²) in [4.78, 5) is 51.0.